The minimum absolute atomic E-state index is 0.0780. The van der Waals surface area contributed by atoms with Crippen LogP contribution in [-0.4, -0.2) is 51.8 Å². The molecule has 11 heteroatoms. The molecule has 2 aromatic carbocycles. The number of H-pyrrole nitrogens is 1. The van der Waals surface area contributed by atoms with E-state index in [2.05, 4.69) is 15.6 Å². The van der Waals surface area contributed by atoms with E-state index in [9.17, 15) is 24.6 Å². The van der Waals surface area contributed by atoms with E-state index in [0.717, 1.165) is 0 Å². The van der Waals surface area contributed by atoms with Crippen LogP contribution in [0.5, 0.6) is 23.3 Å². The second-order valence-electron chi connectivity index (χ2n) is 10.6. The quantitative estimate of drug-likeness (QED) is 0.227. The Morgan fingerprint density at radius 1 is 0.951 bits per heavy atom. The monoisotopic (exact) mass is 564 g/mol. The van der Waals surface area contributed by atoms with Gasteiger partial charge in [-0.1, -0.05) is 44.2 Å². The summed E-state index contributed by atoms with van der Waals surface area (Å²) in [6.07, 6.45) is -0.150. The number of fused-ring (bicyclic) bond motifs is 1. The fourth-order valence-electron chi connectivity index (χ4n) is 4.82. The number of aromatic hydroxyl groups is 2. The molecule has 1 aliphatic rings. The fourth-order valence-corrected chi connectivity index (χ4v) is 4.82. The smallest absolute Gasteiger partial charge is 0.322 e. The Morgan fingerprint density at radius 2 is 1.63 bits per heavy atom. The molecule has 0 bridgehead atoms. The molecule has 5 N–H and O–H groups in total. The molecular weight excluding hydrogens is 528 g/mol. The van der Waals surface area contributed by atoms with Crippen molar-refractivity contribution in [1.29, 1.82) is 0 Å². The molecule has 0 radical (unpaired) electrons. The summed E-state index contributed by atoms with van der Waals surface area (Å²) in [5, 5.41) is 25.8. The van der Waals surface area contributed by atoms with Crippen LogP contribution in [-0.2, 0) is 4.79 Å². The Balaban J connectivity index is 1.55. The molecular formula is C30H36N4O7. The van der Waals surface area contributed by atoms with Crippen molar-refractivity contribution in [3.05, 3.63) is 65.2 Å². The third-order valence-corrected chi connectivity index (χ3v) is 6.97. The number of carbonyl (C=O) groups is 3. The summed E-state index contributed by atoms with van der Waals surface area (Å²) in [5.41, 5.74) is 1.43. The van der Waals surface area contributed by atoms with E-state index < -0.39 is 35.7 Å². The molecule has 1 unspecified atom stereocenters. The van der Waals surface area contributed by atoms with E-state index in [1.807, 2.05) is 44.2 Å². The van der Waals surface area contributed by atoms with E-state index in [0.29, 0.717) is 22.7 Å². The van der Waals surface area contributed by atoms with Crippen molar-refractivity contribution >= 4 is 23.4 Å². The number of rotatable bonds is 10. The highest BCUT2D eigenvalue weighted by Crippen LogP contribution is 2.36. The summed E-state index contributed by atoms with van der Waals surface area (Å²) >= 11 is 0. The number of urea groups is 1. The average Bonchev–Trinajstić information content (AvgIpc) is 3.49. The summed E-state index contributed by atoms with van der Waals surface area (Å²) in [4.78, 5) is 44.2. The first kappa shape index (κ1) is 29.3. The lowest BCUT2D eigenvalue weighted by Crippen LogP contribution is -2.48. The number of anilines is 1. The van der Waals surface area contributed by atoms with E-state index in [1.165, 1.54) is 6.92 Å². The van der Waals surface area contributed by atoms with Crippen LogP contribution >= 0.6 is 0 Å². The highest BCUT2D eigenvalue weighted by Gasteiger charge is 2.32. The zero-order chi connectivity index (χ0) is 29.8. The second kappa shape index (κ2) is 12.2. The number of hydrogen-bond acceptors (Lipinski definition) is 7. The third-order valence-electron chi connectivity index (χ3n) is 6.97. The maximum atomic E-state index is 13.7. The van der Waals surface area contributed by atoms with E-state index in [1.54, 1.807) is 36.9 Å². The largest absolute Gasteiger partial charge is 0.494 e. The third kappa shape index (κ3) is 6.40. The van der Waals surface area contributed by atoms with Gasteiger partial charge in [-0.25, -0.2) is 4.79 Å². The van der Waals surface area contributed by atoms with Gasteiger partial charge < -0.3 is 30.3 Å². The van der Waals surface area contributed by atoms with Crippen molar-refractivity contribution in [3.63, 3.8) is 0 Å². The standard InChI is InChI=1S/C30H36N4O7/c1-16(2)26(27(36)25-18(5)28(37)33-29(25)38)32-24(35)14-21(19-9-7-6-8-10-19)31-30(39)34(17(3)4)20-11-12-22-23(13-20)41-15-40-22/h6-13,16-17,21,26,33,37-38H,14-15H2,1-5H3,(H,31,39)(H,32,35)/t21?,26-/m0/s1. The average molecular weight is 565 g/mol. The Kier molecular flexibility index (Phi) is 8.75. The zero-order valence-corrected chi connectivity index (χ0v) is 23.7. The first-order valence-electron chi connectivity index (χ1n) is 13.5. The van der Waals surface area contributed by atoms with Crippen molar-refractivity contribution in [1.82, 2.24) is 15.6 Å². The second-order valence-corrected chi connectivity index (χ2v) is 10.6. The summed E-state index contributed by atoms with van der Waals surface area (Å²) in [6.45, 7) is 8.91. The van der Waals surface area contributed by atoms with E-state index in [-0.39, 0.29) is 42.2 Å². The Bertz CT molecular complexity index is 1420. The molecule has 4 rings (SSSR count). The SMILES string of the molecule is Cc1c(O)[nH]c(O)c1C(=O)[C@@H](NC(=O)CC(NC(=O)N(c1ccc2c(c1)OCO2)C(C)C)c1ccccc1)C(C)C. The normalized spacial score (nSPS) is 13.6. The Morgan fingerprint density at radius 3 is 2.24 bits per heavy atom. The number of Topliss-reactive ketones (excluding diaryl/α,β-unsaturated/α-hetero) is 1. The van der Waals surface area contributed by atoms with Gasteiger partial charge in [-0.3, -0.25) is 19.5 Å². The van der Waals surface area contributed by atoms with Gasteiger partial charge in [0.15, 0.2) is 23.2 Å². The van der Waals surface area contributed by atoms with E-state index >= 15 is 0 Å². The van der Waals surface area contributed by atoms with Crippen molar-refractivity contribution in [2.75, 3.05) is 11.7 Å². The number of nitrogens with zero attached hydrogens (tertiary/aromatic N) is 1. The molecule has 218 valence electrons. The van der Waals surface area contributed by atoms with Crippen LogP contribution in [0.2, 0.25) is 0 Å². The molecule has 1 aliphatic heterocycles. The number of aromatic nitrogens is 1. The van der Waals surface area contributed by atoms with Crippen LogP contribution in [0.25, 0.3) is 0 Å². The van der Waals surface area contributed by atoms with Crippen molar-refractivity contribution in [2.45, 2.75) is 59.2 Å². The highest BCUT2D eigenvalue weighted by molar-refractivity contribution is 6.05. The predicted molar refractivity (Wildman–Crippen MR) is 152 cm³/mol. The van der Waals surface area contributed by atoms with Crippen LogP contribution in [0.1, 0.15) is 61.6 Å². The Labute approximate surface area is 238 Å². The molecule has 0 fully saturated rings. The van der Waals surface area contributed by atoms with Crippen molar-refractivity contribution in [3.8, 4) is 23.3 Å². The zero-order valence-electron chi connectivity index (χ0n) is 23.7. The molecule has 0 saturated heterocycles. The number of benzene rings is 2. The molecule has 2 heterocycles. The number of carbonyl (C=O) groups excluding carboxylic acids is 3. The maximum absolute atomic E-state index is 13.7. The van der Waals surface area contributed by atoms with Gasteiger partial charge in [-0.2, -0.15) is 0 Å². The van der Waals surface area contributed by atoms with Crippen LogP contribution in [0.4, 0.5) is 10.5 Å². The minimum Gasteiger partial charge on any atom is -0.494 e. The molecule has 41 heavy (non-hydrogen) atoms. The topological polar surface area (TPSA) is 153 Å². The van der Waals surface area contributed by atoms with Gasteiger partial charge in [0.05, 0.1) is 24.1 Å². The molecule has 0 saturated carbocycles. The number of hydrogen-bond donors (Lipinski definition) is 5. The van der Waals surface area contributed by atoms with E-state index in [4.69, 9.17) is 9.47 Å². The summed E-state index contributed by atoms with van der Waals surface area (Å²) in [7, 11) is 0. The Hall–Kier alpha value is -4.67. The fraction of sp³-hybridized carbons (Fsp3) is 0.367. The van der Waals surface area contributed by atoms with Gasteiger partial charge in [-0.15, -0.1) is 0 Å². The number of aromatic amines is 1. The van der Waals surface area contributed by atoms with Crippen LogP contribution in [0.3, 0.4) is 0 Å². The number of amides is 3. The van der Waals surface area contributed by atoms with Gasteiger partial charge in [0.25, 0.3) is 0 Å². The first-order valence-corrected chi connectivity index (χ1v) is 13.5. The van der Waals surface area contributed by atoms with Gasteiger partial charge in [-0.05, 0) is 44.4 Å². The molecule has 3 aromatic rings. The molecule has 1 aromatic heterocycles. The lowest BCUT2D eigenvalue weighted by molar-refractivity contribution is -0.122. The number of ether oxygens (including phenoxy) is 2. The molecule has 3 amide bonds. The molecule has 11 nitrogen and oxygen atoms in total. The van der Waals surface area contributed by atoms with Crippen molar-refractivity contribution < 1.29 is 34.1 Å². The number of nitrogens with one attached hydrogen (secondary N) is 3. The first-order chi connectivity index (χ1) is 19.5. The predicted octanol–water partition coefficient (Wildman–Crippen LogP) is 4.54. The highest BCUT2D eigenvalue weighted by atomic mass is 16.7. The molecule has 0 aliphatic carbocycles. The molecule has 2 atom stereocenters. The maximum Gasteiger partial charge on any atom is 0.322 e. The van der Waals surface area contributed by atoms with Crippen LogP contribution < -0.4 is 25.0 Å². The van der Waals surface area contributed by atoms with Gasteiger partial charge in [0.2, 0.25) is 18.6 Å². The van der Waals surface area contributed by atoms with Gasteiger partial charge >= 0.3 is 6.03 Å². The van der Waals surface area contributed by atoms with Gasteiger partial charge in [0.1, 0.15) is 0 Å². The summed E-state index contributed by atoms with van der Waals surface area (Å²) in [5.74, 6) is -0.961. The summed E-state index contributed by atoms with van der Waals surface area (Å²) in [6, 6.07) is 12.0. The van der Waals surface area contributed by atoms with Crippen molar-refractivity contribution in [2.24, 2.45) is 5.92 Å². The lowest BCUT2D eigenvalue weighted by Gasteiger charge is -2.30. The van der Waals surface area contributed by atoms with Crippen LogP contribution in [0, 0.1) is 12.8 Å². The summed E-state index contributed by atoms with van der Waals surface area (Å²) < 4.78 is 10.9. The van der Waals surface area contributed by atoms with Gasteiger partial charge in [0, 0.05) is 23.4 Å². The number of ketones is 1. The minimum atomic E-state index is -0.977. The van der Waals surface area contributed by atoms with Crippen LogP contribution in [0.15, 0.2) is 48.5 Å². The lowest BCUT2D eigenvalue weighted by atomic mass is 9.93. The molecule has 0 spiro atoms.